The first-order valence-electron chi connectivity index (χ1n) is 15.2. The van der Waals surface area contributed by atoms with Crippen LogP contribution in [0.1, 0.15) is 60.3 Å². The van der Waals surface area contributed by atoms with Gasteiger partial charge >= 0.3 is 23.9 Å². The van der Waals surface area contributed by atoms with Crippen LogP contribution in [0.2, 0.25) is 0 Å². The molecule has 11 heteroatoms. The zero-order valence-corrected chi connectivity index (χ0v) is 26.0. The minimum Gasteiger partial charge on any atom is -0.462 e. The van der Waals surface area contributed by atoms with Gasteiger partial charge in [-0.05, 0) is 38.7 Å². The number of rotatable bonds is 4. The molecule has 0 amide bonds. The number of epoxide rings is 1. The lowest BCUT2D eigenvalue weighted by Crippen LogP contribution is -2.66. The molecule has 0 radical (unpaired) electrons. The zero-order chi connectivity index (χ0) is 31.7. The molecular formula is C33H42O11. The maximum absolute atomic E-state index is 13.2. The van der Waals surface area contributed by atoms with Gasteiger partial charge in [-0.25, -0.2) is 9.59 Å². The first-order valence-corrected chi connectivity index (χ1v) is 15.2. The average molecular weight is 615 g/mol. The van der Waals surface area contributed by atoms with E-state index < -0.39 is 58.8 Å². The standard InChI is InChI=1S/C33H42O11/c1-20-11-13-38-25(21(2)42-23(4)35)8-6-7-9-29(36)44-26-16-28-33(19-41-33)31(26,5)32(18-40-30(37)14-20)12-10-24(15-27(32)43-28)17-39-22(3)34/h6-9,14-15,21,25-28H,10-13,16-19H2,1-5H3/b8-6+,9-7-,20-14+/t21-,25-,26-,27-,28-,31-,32-,33?/m1/s1. The van der Waals surface area contributed by atoms with Crippen LogP contribution in [0.15, 0.2) is 47.6 Å². The van der Waals surface area contributed by atoms with Gasteiger partial charge in [0.25, 0.3) is 0 Å². The van der Waals surface area contributed by atoms with Gasteiger partial charge in [0.1, 0.15) is 37.1 Å². The van der Waals surface area contributed by atoms with Crippen LogP contribution in [0.25, 0.3) is 0 Å². The van der Waals surface area contributed by atoms with E-state index in [9.17, 15) is 19.2 Å². The SMILES string of the molecule is CC(=O)OCC1=C[C@H]2O[C@@H]3C[C@H]4OC(=O)/C=C\C=C\[C@H]([C@@H](C)OC(C)=O)OCC/C(C)=C/C(=O)OC[C@@]2(CC1)[C@]4(C)C31CO1. The molecule has 0 aromatic rings. The third-order valence-electron chi connectivity index (χ3n) is 9.92. The van der Waals surface area contributed by atoms with Crippen molar-refractivity contribution in [2.24, 2.45) is 10.8 Å². The Hall–Kier alpha value is -3.28. The molecule has 3 aliphatic heterocycles. The van der Waals surface area contributed by atoms with Gasteiger partial charge in [-0.15, -0.1) is 0 Å². The number of allylic oxidation sites excluding steroid dienone is 2. The third-order valence-corrected chi connectivity index (χ3v) is 9.92. The Morgan fingerprint density at radius 2 is 1.84 bits per heavy atom. The molecule has 0 aromatic heterocycles. The van der Waals surface area contributed by atoms with Gasteiger partial charge in [-0.3, -0.25) is 9.59 Å². The van der Waals surface area contributed by atoms with Gasteiger partial charge in [0.15, 0.2) is 0 Å². The summed E-state index contributed by atoms with van der Waals surface area (Å²) in [6.07, 6.45) is 9.23. The minimum atomic E-state index is -0.767. The Kier molecular flexibility index (Phi) is 9.21. The Labute approximate surface area is 257 Å². The quantitative estimate of drug-likeness (QED) is 0.199. The number of carbonyl (C=O) groups excluding carboxylic acids is 4. The van der Waals surface area contributed by atoms with Crippen molar-refractivity contribution in [1.29, 1.82) is 0 Å². The monoisotopic (exact) mass is 614 g/mol. The molecular weight excluding hydrogens is 572 g/mol. The summed E-state index contributed by atoms with van der Waals surface area (Å²) in [5.74, 6) is -1.82. The molecule has 5 rings (SSSR count). The Bertz CT molecular complexity index is 1290. The van der Waals surface area contributed by atoms with Crippen molar-refractivity contribution >= 4 is 23.9 Å². The fourth-order valence-corrected chi connectivity index (χ4v) is 7.40. The molecule has 3 heterocycles. The Morgan fingerprint density at radius 1 is 1.07 bits per heavy atom. The number of cyclic esters (lactones) is 1. The average Bonchev–Trinajstić information content (AvgIpc) is 3.73. The fourth-order valence-electron chi connectivity index (χ4n) is 7.40. The van der Waals surface area contributed by atoms with Crippen LogP contribution in [0.4, 0.5) is 0 Å². The molecule has 8 atom stereocenters. The summed E-state index contributed by atoms with van der Waals surface area (Å²) in [5, 5.41) is 0. The lowest BCUT2D eigenvalue weighted by molar-refractivity contribution is -0.232. The van der Waals surface area contributed by atoms with E-state index in [0.29, 0.717) is 32.3 Å². The summed E-state index contributed by atoms with van der Waals surface area (Å²) < 4.78 is 41.5. The molecule has 0 N–H and O–H groups in total. The van der Waals surface area contributed by atoms with E-state index in [0.717, 1.165) is 11.1 Å². The molecule has 44 heavy (non-hydrogen) atoms. The molecule has 3 fully saturated rings. The highest BCUT2D eigenvalue weighted by atomic mass is 16.6. The lowest BCUT2D eigenvalue weighted by Gasteiger charge is -2.58. The normalized spacial score (nSPS) is 40.4. The van der Waals surface area contributed by atoms with Crippen molar-refractivity contribution in [3.8, 4) is 0 Å². The van der Waals surface area contributed by atoms with Crippen molar-refractivity contribution in [2.75, 3.05) is 26.4 Å². The predicted molar refractivity (Wildman–Crippen MR) is 155 cm³/mol. The Balaban J connectivity index is 1.47. The molecule has 2 spiro atoms. The van der Waals surface area contributed by atoms with Crippen LogP contribution in [-0.2, 0) is 52.3 Å². The number of hydrogen-bond acceptors (Lipinski definition) is 11. The van der Waals surface area contributed by atoms with Crippen LogP contribution in [-0.4, -0.2) is 86.4 Å². The number of carbonyl (C=O) groups is 4. The molecule has 5 aliphatic rings. The summed E-state index contributed by atoms with van der Waals surface area (Å²) in [6, 6.07) is 0. The summed E-state index contributed by atoms with van der Waals surface area (Å²) in [7, 11) is 0. The molecule has 1 unspecified atom stereocenters. The maximum atomic E-state index is 13.2. The smallest absolute Gasteiger partial charge is 0.331 e. The fraction of sp³-hybridized carbons (Fsp3) is 0.636. The Morgan fingerprint density at radius 3 is 2.55 bits per heavy atom. The molecule has 2 saturated heterocycles. The summed E-state index contributed by atoms with van der Waals surface area (Å²) in [4.78, 5) is 49.3. The zero-order valence-electron chi connectivity index (χ0n) is 26.0. The summed E-state index contributed by atoms with van der Waals surface area (Å²) >= 11 is 0. The number of hydrogen-bond donors (Lipinski definition) is 0. The highest BCUT2D eigenvalue weighted by Gasteiger charge is 2.83. The third kappa shape index (κ3) is 6.01. The topological polar surface area (TPSA) is 136 Å². The predicted octanol–water partition coefficient (Wildman–Crippen LogP) is 3.46. The van der Waals surface area contributed by atoms with Crippen molar-refractivity contribution in [3.05, 3.63) is 47.6 Å². The molecule has 0 aromatic carbocycles. The van der Waals surface area contributed by atoms with E-state index in [1.807, 2.05) is 13.0 Å². The van der Waals surface area contributed by atoms with E-state index in [-0.39, 0.29) is 31.9 Å². The van der Waals surface area contributed by atoms with Crippen LogP contribution in [0.3, 0.4) is 0 Å². The molecule has 2 bridgehead atoms. The van der Waals surface area contributed by atoms with Gasteiger partial charge in [0, 0.05) is 37.8 Å². The highest BCUT2D eigenvalue weighted by molar-refractivity contribution is 5.83. The van der Waals surface area contributed by atoms with Crippen molar-refractivity contribution in [1.82, 2.24) is 0 Å². The van der Waals surface area contributed by atoms with E-state index in [1.54, 1.807) is 25.2 Å². The van der Waals surface area contributed by atoms with Crippen LogP contribution >= 0.6 is 0 Å². The maximum Gasteiger partial charge on any atom is 0.331 e. The summed E-state index contributed by atoms with van der Waals surface area (Å²) in [6.45, 7) is 9.21. The van der Waals surface area contributed by atoms with Gasteiger partial charge in [-0.2, -0.15) is 0 Å². The van der Waals surface area contributed by atoms with E-state index in [1.165, 1.54) is 26.0 Å². The second-order valence-electron chi connectivity index (χ2n) is 12.6. The van der Waals surface area contributed by atoms with Crippen LogP contribution in [0, 0.1) is 10.8 Å². The second-order valence-corrected chi connectivity index (χ2v) is 12.6. The highest BCUT2D eigenvalue weighted by Crippen LogP contribution is 2.72. The van der Waals surface area contributed by atoms with E-state index in [2.05, 4.69) is 6.92 Å². The second kappa shape index (κ2) is 12.6. The van der Waals surface area contributed by atoms with Crippen molar-refractivity contribution in [3.63, 3.8) is 0 Å². The van der Waals surface area contributed by atoms with Crippen LogP contribution < -0.4 is 0 Å². The van der Waals surface area contributed by atoms with Gasteiger partial charge < -0.3 is 33.2 Å². The lowest BCUT2D eigenvalue weighted by atomic mass is 9.51. The van der Waals surface area contributed by atoms with E-state index in [4.69, 9.17) is 33.2 Å². The van der Waals surface area contributed by atoms with Crippen molar-refractivity contribution in [2.45, 2.75) is 96.4 Å². The molecule has 1 saturated carbocycles. The van der Waals surface area contributed by atoms with Crippen LogP contribution in [0.5, 0.6) is 0 Å². The van der Waals surface area contributed by atoms with Crippen molar-refractivity contribution < 1.29 is 52.3 Å². The largest absolute Gasteiger partial charge is 0.462 e. The van der Waals surface area contributed by atoms with Gasteiger partial charge in [-0.1, -0.05) is 36.8 Å². The first-order chi connectivity index (χ1) is 20.9. The van der Waals surface area contributed by atoms with Gasteiger partial charge in [0.2, 0.25) is 0 Å². The van der Waals surface area contributed by atoms with Gasteiger partial charge in [0.05, 0.1) is 30.8 Å². The van der Waals surface area contributed by atoms with E-state index >= 15 is 0 Å². The molecule has 240 valence electrons. The first kappa shape index (κ1) is 32.1. The minimum absolute atomic E-state index is 0.0249. The summed E-state index contributed by atoms with van der Waals surface area (Å²) in [5.41, 5.74) is -0.482. The number of ether oxygens (including phenoxy) is 7. The molecule has 11 nitrogen and oxygen atoms in total. The number of esters is 4. The molecule has 2 aliphatic carbocycles.